The largest absolute Gasteiger partial charge is 0.339 e. The number of carbonyl (C=O) groups is 3. The van der Waals surface area contributed by atoms with Crippen molar-refractivity contribution in [2.24, 2.45) is 0 Å². The van der Waals surface area contributed by atoms with E-state index in [1.165, 1.54) is 6.08 Å². The van der Waals surface area contributed by atoms with Crippen LogP contribution in [0.15, 0.2) is 73.3 Å². The summed E-state index contributed by atoms with van der Waals surface area (Å²) in [6, 6.07) is 18.9. The number of benzene rings is 2. The summed E-state index contributed by atoms with van der Waals surface area (Å²) >= 11 is 0. The predicted octanol–water partition coefficient (Wildman–Crippen LogP) is 3.39. The van der Waals surface area contributed by atoms with Crippen molar-refractivity contribution in [2.45, 2.75) is 37.1 Å². The number of carbonyl (C=O) groups excluding carboxylic acids is 3. The van der Waals surface area contributed by atoms with Gasteiger partial charge in [0, 0.05) is 32.4 Å². The zero-order valence-corrected chi connectivity index (χ0v) is 19.2. The van der Waals surface area contributed by atoms with Crippen LogP contribution in [0.3, 0.4) is 0 Å². The van der Waals surface area contributed by atoms with E-state index in [0.717, 1.165) is 17.7 Å². The maximum Gasteiger partial charge on any atom is 0.249 e. The summed E-state index contributed by atoms with van der Waals surface area (Å²) in [5, 5.41) is 0. The van der Waals surface area contributed by atoms with Crippen LogP contribution in [0.1, 0.15) is 31.2 Å². The van der Waals surface area contributed by atoms with Crippen LogP contribution in [0.5, 0.6) is 0 Å². The van der Waals surface area contributed by atoms with Crippen molar-refractivity contribution in [3.8, 4) is 0 Å². The van der Waals surface area contributed by atoms with Gasteiger partial charge in [-0.15, -0.1) is 0 Å². The SMILES string of the molecule is C=CC(=O)N1CCC(C(=O)N(C)C2CCCN(c3ccccc3)C2=O)(c2ccccc2)CC1. The highest BCUT2D eigenvalue weighted by Crippen LogP contribution is 2.38. The van der Waals surface area contributed by atoms with Crippen LogP contribution >= 0.6 is 0 Å². The van der Waals surface area contributed by atoms with E-state index in [1.807, 2.05) is 60.7 Å². The Kier molecular flexibility index (Phi) is 6.63. The molecule has 2 saturated heterocycles. The van der Waals surface area contributed by atoms with Gasteiger partial charge in [-0.05, 0) is 49.5 Å². The van der Waals surface area contributed by atoms with E-state index >= 15 is 0 Å². The summed E-state index contributed by atoms with van der Waals surface area (Å²) in [7, 11) is 1.76. The molecule has 0 spiro atoms. The second kappa shape index (κ2) is 9.61. The lowest BCUT2D eigenvalue weighted by Gasteiger charge is -2.45. The minimum absolute atomic E-state index is 0.0363. The molecule has 33 heavy (non-hydrogen) atoms. The van der Waals surface area contributed by atoms with Crippen molar-refractivity contribution in [3.63, 3.8) is 0 Å². The van der Waals surface area contributed by atoms with E-state index < -0.39 is 11.5 Å². The predicted molar refractivity (Wildman–Crippen MR) is 129 cm³/mol. The Balaban J connectivity index is 1.60. The summed E-state index contributed by atoms with van der Waals surface area (Å²) < 4.78 is 0. The van der Waals surface area contributed by atoms with Gasteiger partial charge < -0.3 is 14.7 Å². The van der Waals surface area contributed by atoms with Gasteiger partial charge in [-0.2, -0.15) is 0 Å². The molecule has 0 saturated carbocycles. The lowest BCUT2D eigenvalue weighted by atomic mass is 9.71. The number of likely N-dealkylation sites (tertiary alicyclic amines) is 1. The molecule has 0 aromatic heterocycles. The van der Waals surface area contributed by atoms with Gasteiger partial charge in [0.1, 0.15) is 6.04 Å². The Labute approximate surface area is 195 Å². The number of likely N-dealkylation sites (N-methyl/N-ethyl adjacent to an activating group) is 1. The standard InChI is InChI=1S/C27H31N3O3/c1-3-24(31)29-19-16-27(17-20-29,21-11-6-4-7-12-21)26(33)28(2)23-15-10-18-30(25(23)32)22-13-8-5-9-14-22/h3-9,11-14,23H,1,10,15-20H2,2H3. The van der Waals surface area contributed by atoms with Crippen molar-refractivity contribution in [1.29, 1.82) is 0 Å². The van der Waals surface area contributed by atoms with Gasteiger partial charge in [0.15, 0.2) is 0 Å². The molecule has 3 amide bonds. The first kappa shape index (κ1) is 22.8. The molecule has 2 aromatic carbocycles. The van der Waals surface area contributed by atoms with Crippen molar-refractivity contribution in [2.75, 3.05) is 31.6 Å². The number of nitrogens with zero attached hydrogens (tertiary/aromatic N) is 3. The first-order valence-corrected chi connectivity index (χ1v) is 11.6. The number of hydrogen-bond donors (Lipinski definition) is 0. The average molecular weight is 446 g/mol. The third-order valence-electron chi connectivity index (χ3n) is 7.11. The fourth-order valence-corrected chi connectivity index (χ4v) is 5.18. The molecular weight excluding hydrogens is 414 g/mol. The van der Waals surface area contributed by atoms with Crippen molar-refractivity contribution in [1.82, 2.24) is 9.80 Å². The Hall–Kier alpha value is -3.41. The van der Waals surface area contributed by atoms with E-state index in [4.69, 9.17) is 0 Å². The molecule has 1 unspecified atom stereocenters. The number of piperidine rings is 2. The maximum absolute atomic E-state index is 14.1. The molecule has 6 nitrogen and oxygen atoms in total. The van der Waals surface area contributed by atoms with Crippen LogP contribution in [0.25, 0.3) is 0 Å². The van der Waals surface area contributed by atoms with E-state index in [-0.39, 0.29) is 17.7 Å². The van der Waals surface area contributed by atoms with E-state index in [2.05, 4.69) is 6.58 Å². The maximum atomic E-state index is 14.1. The Morgan fingerprint density at radius 2 is 1.61 bits per heavy atom. The van der Waals surface area contributed by atoms with Crippen molar-refractivity contribution >= 4 is 23.4 Å². The fraction of sp³-hybridized carbons (Fsp3) is 0.370. The molecular formula is C27H31N3O3. The van der Waals surface area contributed by atoms with Crippen LogP contribution < -0.4 is 4.90 Å². The van der Waals surface area contributed by atoms with Crippen LogP contribution in [-0.4, -0.2) is 60.2 Å². The Morgan fingerprint density at radius 3 is 2.21 bits per heavy atom. The molecule has 0 N–H and O–H groups in total. The zero-order valence-electron chi connectivity index (χ0n) is 19.2. The van der Waals surface area contributed by atoms with Gasteiger partial charge in [0.05, 0.1) is 5.41 Å². The highest BCUT2D eigenvalue weighted by molar-refractivity contribution is 6.01. The lowest BCUT2D eigenvalue weighted by molar-refractivity contribution is -0.146. The molecule has 2 aromatic rings. The number of amides is 3. The Morgan fingerprint density at radius 1 is 1.00 bits per heavy atom. The van der Waals surface area contributed by atoms with E-state index in [0.29, 0.717) is 38.9 Å². The van der Waals surface area contributed by atoms with Crippen LogP contribution in [0, 0.1) is 0 Å². The van der Waals surface area contributed by atoms with Gasteiger partial charge in [0.25, 0.3) is 0 Å². The molecule has 0 bridgehead atoms. The lowest BCUT2D eigenvalue weighted by Crippen LogP contribution is -2.59. The minimum atomic E-state index is -0.761. The van der Waals surface area contributed by atoms with Gasteiger partial charge in [-0.25, -0.2) is 0 Å². The Bertz CT molecular complexity index is 1010. The molecule has 2 aliphatic heterocycles. The number of rotatable bonds is 5. The smallest absolute Gasteiger partial charge is 0.249 e. The highest BCUT2D eigenvalue weighted by Gasteiger charge is 2.47. The minimum Gasteiger partial charge on any atom is -0.339 e. The molecule has 2 heterocycles. The van der Waals surface area contributed by atoms with E-state index in [1.54, 1.807) is 21.7 Å². The van der Waals surface area contributed by atoms with Crippen molar-refractivity contribution < 1.29 is 14.4 Å². The third kappa shape index (κ3) is 4.30. The summed E-state index contributed by atoms with van der Waals surface area (Å²) in [6.07, 6.45) is 3.84. The molecule has 1 atom stereocenters. The summed E-state index contributed by atoms with van der Waals surface area (Å²) in [6.45, 7) is 5.20. The molecule has 172 valence electrons. The van der Waals surface area contributed by atoms with Crippen LogP contribution in [-0.2, 0) is 19.8 Å². The van der Waals surface area contributed by atoms with E-state index in [9.17, 15) is 14.4 Å². The molecule has 2 fully saturated rings. The molecule has 4 rings (SSSR count). The molecule has 0 aliphatic carbocycles. The highest BCUT2D eigenvalue weighted by atomic mass is 16.2. The van der Waals surface area contributed by atoms with Crippen LogP contribution in [0.4, 0.5) is 5.69 Å². The summed E-state index contributed by atoms with van der Waals surface area (Å²) in [5.41, 5.74) is 1.04. The van der Waals surface area contributed by atoms with Gasteiger partial charge in [0.2, 0.25) is 17.7 Å². The van der Waals surface area contributed by atoms with Gasteiger partial charge in [-0.1, -0.05) is 55.1 Å². The second-order valence-electron chi connectivity index (χ2n) is 8.88. The van der Waals surface area contributed by atoms with Crippen molar-refractivity contribution in [3.05, 3.63) is 78.9 Å². The molecule has 6 heteroatoms. The summed E-state index contributed by atoms with van der Waals surface area (Å²) in [4.78, 5) is 44.9. The average Bonchev–Trinajstić information content (AvgIpc) is 2.88. The third-order valence-corrected chi connectivity index (χ3v) is 7.11. The van der Waals surface area contributed by atoms with Crippen LogP contribution in [0.2, 0.25) is 0 Å². The number of anilines is 1. The first-order chi connectivity index (χ1) is 16.0. The second-order valence-corrected chi connectivity index (χ2v) is 8.88. The number of hydrogen-bond acceptors (Lipinski definition) is 3. The quantitative estimate of drug-likeness (QED) is 0.663. The molecule has 2 aliphatic rings. The zero-order chi connectivity index (χ0) is 23.4. The van der Waals surface area contributed by atoms with Gasteiger partial charge in [-0.3, -0.25) is 14.4 Å². The fourth-order valence-electron chi connectivity index (χ4n) is 5.18. The van der Waals surface area contributed by atoms with Gasteiger partial charge >= 0.3 is 0 Å². The molecule has 0 radical (unpaired) electrons. The normalized spacial score (nSPS) is 20.3. The summed E-state index contributed by atoms with van der Waals surface area (Å²) in [5.74, 6) is -0.197. The number of para-hydroxylation sites is 1. The monoisotopic (exact) mass is 445 g/mol. The topological polar surface area (TPSA) is 60.9 Å². The first-order valence-electron chi connectivity index (χ1n) is 11.6.